The van der Waals surface area contributed by atoms with Crippen LogP contribution in [-0.4, -0.2) is 37.8 Å². The van der Waals surface area contributed by atoms with Gasteiger partial charge in [0.25, 0.3) is 0 Å². The van der Waals surface area contributed by atoms with Gasteiger partial charge in [0.1, 0.15) is 0 Å². The van der Waals surface area contributed by atoms with E-state index in [-0.39, 0.29) is 20.1 Å². The molecule has 2 aromatic carbocycles. The molecule has 3 heterocycles. The fourth-order valence-corrected chi connectivity index (χ4v) is 18.9. The second-order valence-electron chi connectivity index (χ2n) is 6.97. The molecule has 26 heavy (non-hydrogen) atoms. The van der Waals surface area contributed by atoms with Crippen molar-refractivity contribution in [1.29, 1.82) is 0 Å². The summed E-state index contributed by atoms with van der Waals surface area (Å²) >= 11 is -1.47. The number of thioether (sulfide) groups is 1. The van der Waals surface area contributed by atoms with E-state index in [9.17, 15) is 14.0 Å². The number of amides is 2. The van der Waals surface area contributed by atoms with Crippen LogP contribution in [0.4, 0.5) is 9.18 Å². The second kappa shape index (κ2) is 6.27. The zero-order valence-corrected chi connectivity index (χ0v) is 17.9. The summed E-state index contributed by atoms with van der Waals surface area (Å²) < 4.78 is 17.6. The first kappa shape index (κ1) is 16.6. The monoisotopic (exact) mass is 467 g/mol. The van der Waals surface area contributed by atoms with Crippen molar-refractivity contribution >= 4 is 53.7 Å². The summed E-state index contributed by atoms with van der Waals surface area (Å²) in [5.74, 6) is -0.179. The predicted octanol–water partition coefficient (Wildman–Crippen LogP) is 3.41. The minimum absolute atomic E-state index is 0.122. The molecule has 3 aliphatic heterocycles. The van der Waals surface area contributed by atoms with Crippen molar-refractivity contribution in [3.63, 3.8) is 0 Å². The van der Waals surface area contributed by atoms with Crippen molar-refractivity contribution in [3.8, 4) is 0 Å². The maximum absolute atomic E-state index is 14.9. The van der Waals surface area contributed by atoms with Gasteiger partial charge in [-0.05, 0) is 0 Å². The topological polar surface area (TPSA) is 46.2 Å². The van der Waals surface area contributed by atoms with Gasteiger partial charge in [0.2, 0.25) is 0 Å². The molecule has 3 unspecified atom stereocenters. The molecule has 2 amide bonds. The standard InChI is InChI=1S/C20H15FNO2S.In/c21-17(15-8-2-1-3-9-15)12-6-11-14-7-4-5-10-16(14)13-18-19(23)22-20(24)25-18;/h1-5,8-11,13,17-18H,12H2,(H,22,23,24);. The molecule has 0 spiro atoms. The average Bonchev–Trinajstić information content (AvgIpc) is 3.21. The summed E-state index contributed by atoms with van der Waals surface area (Å²) in [4.78, 5) is 24.0. The summed E-state index contributed by atoms with van der Waals surface area (Å²) in [7, 11) is 0. The van der Waals surface area contributed by atoms with Crippen LogP contribution in [-0.2, 0) is 4.79 Å². The van der Waals surface area contributed by atoms with Crippen LogP contribution < -0.4 is 8.64 Å². The van der Waals surface area contributed by atoms with E-state index < -0.39 is 27.6 Å². The van der Waals surface area contributed by atoms with Crippen molar-refractivity contribution in [3.05, 3.63) is 68.6 Å². The fraction of sp³-hybridized carbons (Fsp3) is 0.200. The Labute approximate surface area is 162 Å². The van der Waals surface area contributed by atoms with Crippen molar-refractivity contribution in [2.45, 2.75) is 21.5 Å². The Morgan fingerprint density at radius 3 is 2.62 bits per heavy atom. The first-order chi connectivity index (χ1) is 12.6. The number of alkyl halides is 1. The van der Waals surface area contributed by atoms with Crippen LogP contribution in [0.25, 0.3) is 6.08 Å². The molecule has 1 fully saturated rings. The molecular formula is C20H15FInNO2S. The summed E-state index contributed by atoms with van der Waals surface area (Å²) in [6, 6.07) is 15.5. The van der Waals surface area contributed by atoms with Crippen LogP contribution in [0.1, 0.15) is 33.0 Å². The molecule has 3 nitrogen and oxygen atoms in total. The molecule has 3 atom stereocenters. The van der Waals surface area contributed by atoms with Crippen LogP contribution in [0, 0.1) is 0 Å². The van der Waals surface area contributed by atoms with Crippen LogP contribution in [0.15, 0.2) is 51.9 Å². The summed E-state index contributed by atoms with van der Waals surface area (Å²) in [6.07, 6.45) is 1.56. The quantitative estimate of drug-likeness (QED) is 0.750. The van der Waals surface area contributed by atoms with Crippen molar-refractivity contribution < 1.29 is 14.0 Å². The molecule has 4 bridgehead atoms. The molecule has 0 radical (unpaired) electrons. The van der Waals surface area contributed by atoms with Gasteiger partial charge in [-0.1, -0.05) is 0 Å². The number of imide groups is 1. The van der Waals surface area contributed by atoms with E-state index in [4.69, 9.17) is 0 Å². The molecule has 0 aromatic heterocycles. The third kappa shape index (κ3) is 2.49. The SMILES string of the molecule is O=C1NC(=O)C([CH]2c3ccc[c]4c3C=[C](CC(F)c3ccccc3)[In]42)S1. The van der Waals surface area contributed by atoms with Gasteiger partial charge >= 0.3 is 163 Å². The van der Waals surface area contributed by atoms with Crippen LogP contribution in [0.2, 0.25) is 0 Å². The van der Waals surface area contributed by atoms with E-state index in [1.165, 1.54) is 17.8 Å². The van der Waals surface area contributed by atoms with Gasteiger partial charge in [-0.25, -0.2) is 0 Å². The number of hydrogen-bond donors (Lipinski definition) is 1. The fourth-order valence-electron chi connectivity index (χ4n) is 4.53. The van der Waals surface area contributed by atoms with Gasteiger partial charge in [-0.15, -0.1) is 0 Å². The third-order valence-electron chi connectivity index (χ3n) is 5.58. The first-order valence-corrected chi connectivity index (χ1v) is 14.7. The van der Waals surface area contributed by atoms with Crippen molar-refractivity contribution in [2.75, 3.05) is 0 Å². The van der Waals surface area contributed by atoms with E-state index in [0.29, 0.717) is 12.0 Å². The molecule has 1 saturated heterocycles. The Morgan fingerprint density at radius 2 is 1.92 bits per heavy atom. The van der Waals surface area contributed by atoms with E-state index in [2.05, 4.69) is 23.5 Å². The number of hydrogen-bond acceptors (Lipinski definition) is 3. The van der Waals surface area contributed by atoms with E-state index in [1.54, 1.807) is 0 Å². The molecular weight excluding hydrogens is 452 g/mol. The van der Waals surface area contributed by atoms with Crippen LogP contribution in [0.3, 0.4) is 0 Å². The molecule has 0 saturated carbocycles. The Bertz CT molecular complexity index is 962. The van der Waals surface area contributed by atoms with Gasteiger partial charge in [0.05, 0.1) is 0 Å². The van der Waals surface area contributed by atoms with Crippen LogP contribution in [0.5, 0.6) is 0 Å². The number of carbonyl (C=O) groups excluding carboxylic acids is 2. The molecule has 5 rings (SSSR count). The zero-order valence-electron chi connectivity index (χ0n) is 13.8. The number of carbonyl (C=O) groups is 2. The number of nitrogens with one attached hydrogen (secondary N) is 1. The Balaban J connectivity index is 1.47. The molecule has 2 aromatic rings. The van der Waals surface area contributed by atoms with Gasteiger partial charge < -0.3 is 0 Å². The minimum atomic E-state index is -2.59. The zero-order chi connectivity index (χ0) is 17.8. The second-order valence-corrected chi connectivity index (χ2v) is 16.8. The van der Waals surface area contributed by atoms with Gasteiger partial charge in [0, 0.05) is 0 Å². The molecule has 6 heteroatoms. The van der Waals surface area contributed by atoms with Crippen molar-refractivity contribution in [1.82, 2.24) is 5.32 Å². The van der Waals surface area contributed by atoms with E-state index >= 15 is 0 Å². The molecule has 3 aliphatic rings. The predicted molar refractivity (Wildman–Crippen MR) is 102 cm³/mol. The average molecular weight is 467 g/mol. The van der Waals surface area contributed by atoms with Gasteiger partial charge in [-0.2, -0.15) is 0 Å². The number of rotatable bonds is 4. The Morgan fingerprint density at radius 1 is 1.12 bits per heavy atom. The third-order valence-corrected chi connectivity index (χ3v) is 18.4. The first-order valence-electron chi connectivity index (χ1n) is 8.67. The maximum atomic E-state index is 14.9. The number of halogens is 1. The normalized spacial score (nSPS) is 24.0. The molecule has 128 valence electrons. The van der Waals surface area contributed by atoms with E-state index in [0.717, 1.165) is 11.8 Å². The van der Waals surface area contributed by atoms with Crippen LogP contribution >= 0.6 is 11.8 Å². The molecule has 0 aliphatic carbocycles. The Hall–Kier alpha value is -1.53. The Kier molecular flexibility index (Phi) is 4.01. The van der Waals surface area contributed by atoms with Gasteiger partial charge in [0.15, 0.2) is 0 Å². The van der Waals surface area contributed by atoms with E-state index in [1.807, 2.05) is 36.4 Å². The number of benzene rings is 2. The summed E-state index contributed by atoms with van der Waals surface area (Å²) in [5.41, 5.74) is 3.11. The molecule has 1 N–H and O–H groups in total. The number of allylic oxidation sites excluding steroid dienone is 1. The summed E-state index contributed by atoms with van der Waals surface area (Å²) in [6.45, 7) is 0. The van der Waals surface area contributed by atoms with Gasteiger partial charge in [-0.3, -0.25) is 0 Å². The summed E-state index contributed by atoms with van der Waals surface area (Å²) in [5, 5.41) is 1.82. The van der Waals surface area contributed by atoms with Crippen molar-refractivity contribution in [2.24, 2.45) is 0 Å².